The number of rotatable bonds is 48. The number of hydrogen-bond donors (Lipinski definition) is 0. The third-order valence-corrected chi connectivity index (χ3v) is 11.8. The Bertz CT molecular complexity index is 916. The third-order valence-electron chi connectivity index (χ3n) is 11.8. The van der Waals surface area contributed by atoms with Crippen molar-refractivity contribution >= 4 is 17.9 Å². The van der Waals surface area contributed by atoms with E-state index in [1.54, 1.807) is 0 Å². The fraction of sp³-hybridized carbons (Fsp3) is 0.906. The van der Waals surface area contributed by atoms with Gasteiger partial charge < -0.3 is 14.2 Å². The van der Waals surface area contributed by atoms with E-state index in [1.165, 1.54) is 186 Å². The zero-order valence-corrected chi connectivity index (χ0v) is 39.8. The van der Waals surface area contributed by atoms with Crippen LogP contribution in [0.4, 0.5) is 0 Å². The molecule has 0 aromatic heterocycles. The van der Waals surface area contributed by atoms with E-state index in [0.29, 0.717) is 19.3 Å². The number of ether oxygens (including phenoxy) is 3. The van der Waals surface area contributed by atoms with Crippen molar-refractivity contribution in [1.82, 2.24) is 0 Å². The molecule has 0 radical (unpaired) electrons. The highest BCUT2D eigenvalue weighted by molar-refractivity contribution is 5.71. The average molecular weight is 833 g/mol. The van der Waals surface area contributed by atoms with Crippen LogP contribution in [-0.4, -0.2) is 37.2 Å². The van der Waals surface area contributed by atoms with Gasteiger partial charge in [-0.1, -0.05) is 245 Å². The Hall–Kier alpha value is -1.85. The van der Waals surface area contributed by atoms with Gasteiger partial charge in [0.1, 0.15) is 13.2 Å². The molecule has 0 aliphatic heterocycles. The molecule has 0 aliphatic carbocycles. The minimum atomic E-state index is -0.766. The Morgan fingerprint density at radius 2 is 0.576 bits per heavy atom. The first-order chi connectivity index (χ1) is 29.0. The van der Waals surface area contributed by atoms with Crippen molar-refractivity contribution in [2.75, 3.05) is 13.2 Å². The molecule has 6 heteroatoms. The molecule has 0 aliphatic rings. The molecule has 0 rings (SSSR count). The second-order valence-corrected chi connectivity index (χ2v) is 17.8. The predicted octanol–water partition coefficient (Wildman–Crippen LogP) is 17.0. The van der Waals surface area contributed by atoms with Crippen molar-refractivity contribution < 1.29 is 28.6 Å². The van der Waals surface area contributed by atoms with Crippen LogP contribution in [-0.2, 0) is 28.6 Å². The summed E-state index contributed by atoms with van der Waals surface area (Å²) in [5.41, 5.74) is 0. The van der Waals surface area contributed by atoms with Gasteiger partial charge >= 0.3 is 17.9 Å². The molecule has 0 aromatic rings. The maximum absolute atomic E-state index is 12.8. The van der Waals surface area contributed by atoms with Gasteiger partial charge in [0.05, 0.1) is 0 Å². The van der Waals surface area contributed by atoms with Crippen molar-refractivity contribution in [3.05, 3.63) is 12.2 Å². The lowest BCUT2D eigenvalue weighted by Gasteiger charge is -2.18. The lowest BCUT2D eigenvalue weighted by Crippen LogP contribution is -2.30. The fourth-order valence-corrected chi connectivity index (χ4v) is 7.78. The standard InChI is InChI=1S/C53H100O6/c1-4-7-10-13-16-19-22-24-25-26-27-29-32-35-38-41-44-47-53(56)59-50(48-57-51(54)45-42-39-36-33-30-21-18-15-12-9-6-3)49-58-52(55)46-43-40-37-34-31-28-23-20-17-14-11-8-5-2/h15,18,50H,4-14,16-17,19-49H2,1-3H3/b18-15-/t50-/m1/s1. The summed E-state index contributed by atoms with van der Waals surface area (Å²) in [5.74, 6) is -0.860. The second-order valence-electron chi connectivity index (χ2n) is 17.8. The molecular formula is C53H100O6. The van der Waals surface area contributed by atoms with E-state index in [0.717, 1.165) is 64.2 Å². The predicted molar refractivity (Wildman–Crippen MR) is 252 cm³/mol. The van der Waals surface area contributed by atoms with Crippen LogP contribution in [0, 0.1) is 0 Å². The molecule has 0 N–H and O–H groups in total. The molecule has 0 heterocycles. The van der Waals surface area contributed by atoms with Crippen LogP contribution in [0.25, 0.3) is 0 Å². The average Bonchev–Trinajstić information content (AvgIpc) is 3.23. The van der Waals surface area contributed by atoms with E-state index < -0.39 is 6.10 Å². The zero-order chi connectivity index (χ0) is 43.0. The maximum atomic E-state index is 12.8. The van der Waals surface area contributed by atoms with Gasteiger partial charge in [-0.3, -0.25) is 14.4 Å². The number of hydrogen-bond acceptors (Lipinski definition) is 6. The quantitative estimate of drug-likeness (QED) is 0.0263. The first-order valence-electron chi connectivity index (χ1n) is 26.2. The van der Waals surface area contributed by atoms with Crippen molar-refractivity contribution in [2.24, 2.45) is 0 Å². The molecule has 6 nitrogen and oxygen atoms in total. The summed E-state index contributed by atoms with van der Waals surface area (Å²) in [6.07, 6.45) is 53.4. The van der Waals surface area contributed by atoms with Crippen LogP contribution in [0.15, 0.2) is 12.2 Å². The molecule has 0 saturated heterocycles. The van der Waals surface area contributed by atoms with E-state index in [9.17, 15) is 14.4 Å². The molecule has 0 amide bonds. The third kappa shape index (κ3) is 47.1. The van der Waals surface area contributed by atoms with Crippen molar-refractivity contribution in [3.63, 3.8) is 0 Å². The highest BCUT2D eigenvalue weighted by Crippen LogP contribution is 2.16. The van der Waals surface area contributed by atoms with Gasteiger partial charge in [-0.2, -0.15) is 0 Å². The fourth-order valence-electron chi connectivity index (χ4n) is 7.78. The minimum Gasteiger partial charge on any atom is -0.462 e. The topological polar surface area (TPSA) is 78.9 Å². The number of carbonyl (C=O) groups excluding carboxylic acids is 3. The van der Waals surface area contributed by atoms with Crippen LogP contribution >= 0.6 is 0 Å². The Kier molecular flexibility index (Phi) is 47.3. The van der Waals surface area contributed by atoms with Gasteiger partial charge in [0, 0.05) is 19.3 Å². The summed E-state index contributed by atoms with van der Waals surface area (Å²) in [6.45, 7) is 6.63. The maximum Gasteiger partial charge on any atom is 0.306 e. The molecule has 59 heavy (non-hydrogen) atoms. The second kappa shape index (κ2) is 48.8. The van der Waals surface area contributed by atoms with Crippen molar-refractivity contribution in [3.8, 4) is 0 Å². The van der Waals surface area contributed by atoms with E-state index >= 15 is 0 Å². The highest BCUT2D eigenvalue weighted by atomic mass is 16.6. The summed E-state index contributed by atoms with van der Waals surface area (Å²) in [7, 11) is 0. The van der Waals surface area contributed by atoms with Crippen LogP contribution in [0.1, 0.15) is 290 Å². The van der Waals surface area contributed by atoms with E-state index in [2.05, 4.69) is 32.9 Å². The van der Waals surface area contributed by atoms with Gasteiger partial charge in [0.2, 0.25) is 0 Å². The Morgan fingerprint density at radius 1 is 0.322 bits per heavy atom. The summed E-state index contributed by atoms with van der Waals surface area (Å²) >= 11 is 0. The van der Waals surface area contributed by atoms with Gasteiger partial charge in [0.25, 0.3) is 0 Å². The van der Waals surface area contributed by atoms with Crippen molar-refractivity contribution in [1.29, 1.82) is 0 Å². The Labute approximate surface area is 367 Å². The molecule has 0 fully saturated rings. The van der Waals surface area contributed by atoms with Crippen LogP contribution < -0.4 is 0 Å². The monoisotopic (exact) mass is 833 g/mol. The number of carbonyl (C=O) groups is 3. The van der Waals surface area contributed by atoms with Crippen molar-refractivity contribution in [2.45, 2.75) is 297 Å². The van der Waals surface area contributed by atoms with Crippen LogP contribution in [0.5, 0.6) is 0 Å². The Balaban J connectivity index is 4.30. The molecule has 0 aromatic carbocycles. The largest absolute Gasteiger partial charge is 0.462 e. The highest BCUT2D eigenvalue weighted by Gasteiger charge is 2.19. The van der Waals surface area contributed by atoms with Gasteiger partial charge in [-0.15, -0.1) is 0 Å². The number of allylic oxidation sites excluding steroid dienone is 2. The van der Waals surface area contributed by atoms with E-state index in [-0.39, 0.29) is 31.1 Å². The SMILES string of the molecule is CCCC/C=C\CCCCCCCC(=O)OC[C@H](COC(=O)CCCCCCCCCCCCCCC)OC(=O)CCCCCCCCCCCCCCCCCCC. The summed E-state index contributed by atoms with van der Waals surface area (Å²) in [6, 6.07) is 0. The Morgan fingerprint density at radius 3 is 0.898 bits per heavy atom. The lowest BCUT2D eigenvalue weighted by atomic mass is 10.0. The summed E-state index contributed by atoms with van der Waals surface area (Å²) in [4.78, 5) is 37.9. The number of esters is 3. The number of unbranched alkanes of at least 4 members (excludes halogenated alkanes) is 35. The summed E-state index contributed by atoms with van der Waals surface area (Å²) in [5, 5.41) is 0. The molecule has 0 unspecified atom stereocenters. The van der Waals surface area contributed by atoms with Gasteiger partial charge in [-0.25, -0.2) is 0 Å². The van der Waals surface area contributed by atoms with E-state index in [1.807, 2.05) is 0 Å². The lowest BCUT2D eigenvalue weighted by molar-refractivity contribution is -0.167. The molecular weight excluding hydrogens is 733 g/mol. The molecule has 0 bridgehead atoms. The van der Waals surface area contributed by atoms with Gasteiger partial charge in [0.15, 0.2) is 6.10 Å². The van der Waals surface area contributed by atoms with Crippen LogP contribution in [0.3, 0.4) is 0 Å². The smallest absolute Gasteiger partial charge is 0.306 e. The van der Waals surface area contributed by atoms with E-state index in [4.69, 9.17) is 14.2 Å². The first-order valence-corrected chi connectivity index (χ1v) is 26.2. The minimum absolute atomic E-state index is 0.0672. The normalized spacial score (nSPS) is 12.0. The molecule has 0 saturated carbocycles. The molecule has 348 valence electrons. The summed E-state index contributed by atoms with van der Waals surface area (Å²) < 4.78 is 16.8. The molecule has 1 atom stereocenters. The zero-order valence-electron chi connectivity index (χ0n) is 39.8. The first kappa shape index (κ1) is 57.1. The van der Waals surface area contributed by atoms with Gasteiger partial charge in [-0.05, 0) is 38.5 Å². The van der Waals surface area contributed by atoms with Crippen LogP contribution in [0.2, 0.25) is 0 Å². The molecule has 0 spiro atoms.